The van der Waals surface area contributed by atoms with Gasteiger partial charge in [0.25, 0.3) is 5.91 Å². The molecular weight excluding hydrogens is 344 g/mol. The van der Waals surface area contributed by atoms with E-state index in [1.807, 2.05) is 36.4 Å². The summed E-state index contributed by atoms with van der Waals surface area (Å²) < 4.78 is 10.8. The molecule has 142 valence electrons. The Labute approximate surface area is 159 Å². The first-order valence-corrected chi connectivity index (χ1v) is 9.02. The first-order chi connectivity index (χ1) is 13.0. The van der Waals surface area contributed by atoms with Crippen LogP contribution in [0, 0.1) is 5.92 Å². The van der Waals surface area contributed by atoms with Gasteiger partial charge in [0.15, 0.2) is 6.61 Å². The van der Waals surface area contributed by atoms with Crippen LogP contribution >= 0.6 is 0 Å². The van der Waals surface area contributed by atoms with Crippen molar-refractivity contribution >= 4 is 17.7 Å². The van der Waals surface area contributed by atoms with Crippen LogP contribution in [0.25, 0.3) is 0 Å². The Balaban J connectivity index is 1.64. The number of carbonyl (C=O) groups is 2. The predicted molar refractivity (Wildman–Crippen MR) is 102 cm³/mol. The summed E-state index contributed by atoms with van der Waals surface area (Å²) >= 11 is 0. The summed E-state index contributed by atoms with van der Waals surface area (Å²) in [7, 11) is 0. The Kier molecular flexibility index (Phi) is 5.96. The van der Waals surface area contributed by atoms with Crippen molar-refractivity contribution < 1.29 is 19.1 Å². The van der Waals surface area contributed by atoms with E-state index in [9.17, 15) is 9.59 Å². The van der Waals surface area contributed by atoms with Gasteiger partial charge in [0.05, 0.1) is 0 Å². The van der Waals surface area contributed by atoms with Crippen molar-refractivity contribution in [2.45, 2.75) is 27.0 Å². The molecule has 1 heterocycles. The van der Waals surface area contributed by atoms with Crippen molar-refractivity contribution in [1.29, 1.82) is 0 Å². The molecule has 6 heteroatoms. The standard InChI is InChI=1S/C21H24N2O4/c1-15(2)11-23-12-17-10-18(8-9-19(17)26-14-20(23)24)22-21(25)27-13-16-6-4-3-5-7-16/h3-10,15H,11-14H2,1-2H3,(H,22,25). The topological polar surface area (TPSA) is 67.9 Å². The summed E-state index contributed by atoms with van der Waals surface area (Å²) in [5.41, 5.74) is 2.39. The second-order valence-corrected chi connectivity index (χ2v) is 6.97. The zero-order valence-electron chi connectivity index (χ0n) is 15.6. The number of carbonyl (C=O) groups excluding carboxylic acids is 2. The number of nitrogens with zero attached hydrogens (tertiary/aromatic N) is 1. The third kappa shape index (κ3) is 5.23. The minimum Gasteiger partial charge on any atom is -0.483 e. The van der Waals surface area contributed by atoms with E-state index in [4.69, 9.17) is 9.47 Å². The second kappa shape index (κ2) is 8.58. The fourth-order valence-corrected chi connectivity index (χ4v) is 2.93. The van der Waals surface area contributed by atoms with Crippen molar-refractivity contribution in [1.82, 2.24) is 4.90 Å². The molecule has 0 spiro atoms. The van der Waals surface area contributed by atoms with Gasteiger partial charge in [-0.05, 0) is 29.7 Å². The third-order valence-corrected chi connectivity index (χ3v) is 4.17. The zero-order chi connectivity index (χ0) is 19.2. The van der Waals surface area contributed by atoms with Crippen molar-refractivity contribution in [2.24, 2.45) is 5.92 Å². The number of ether oxygens (including phenoxy) is 2. The molecule has 0 unspecified atom stereocenters. The predicted octanol–water partition coefficient (Wildman–Crippen LogP) is 3.81. The smallest absolute Gasteiger partial charge is 0.411 e. The number of benzene rings is 2. The molecule has 0 fully saturated rings. The van der Waals surface area contributed by atoms with E-state index >= 15 is 0 Å². The molecule has 0 radical (unpaired) electrons. The Morgan fingerprint density at radius 3 is 2.74 bits per heavy atom. The summed E-state index contributed by atoms with van der Waals surface area (Å²) in [5.74, 6) is 0.999. The monoisotopic (exact) mass is 368 g/mol. The van der Waals surface area contributed by atoms with Gasteiger partial charge in [0, 0.05) is 24.3 Å². The van der Waals surface area contributed by atoms with Crippen LogP contribution < -0.4 is 10.1 Å². The van der Waals surface area contributed by atoms with Crippen LogP contribution in [-0.4, -0.2) is 30.1 Å². The molecule has 0 aromatic heterocycles. The van der Waals surface area contributed by atoms with Gasteiger partial charge in [0.1, 0.15) is 12.4 Å². The first kappa shape index (κ1) is 18.8. The highest BCUT2D eigenvalue weighted by Crippen LogP contribution is 2.27. The summed E-state index contributed by atoms with van der Waals surface area (Å²) in [6.07, 6.45) is -0.525. The summed E-state index contributed by atoms with van der Waals surface area (Å²) in [6.45, 7) is 5.50. The molecule has 27 heavy (non-hydrogen) atoms. The highest BCUT2D eigenvalue weighted by molar-refractivity contribution is 5.85. The summed E-state index contributed by atoms with van der Waals surface area (Å²) in [4.78, 5) is 26.1. The maximum absolute atomic E-state index is 12.2. The quantitative estimate of drug-likeness (QED) is 0.871. The van der Waals surface area contributed by atoms with Crippen LogP contribution in [-0.2, 0) is 22.7 Å². The van der Waals surface area contributed by atoms with E-state index in [1.165, 1.54) is 0 Å². The Hall–Kier alpha value is -3.02. The summed E-state index contributed by atoms with van der Waals surface area (Å²) in [6, 6.07) is 14.8. The van der Waals surface area contributed by atoms with Gasteiger partial charge in [0.2, 0.25) is 0 Å². The van der Waals surface area contributed by atoms with Crippen LogP contribution in [0.1, 0.15) is 25.0 Å². The van der Waals surface area contributed by atoms with Gasteiger partial charge in [-0.2, -0.15) is 0 Å². The molecule has 6 nitrogen and oxygen atoms in total. The largest absolute Gasteiger partial charge is 0.483 e. The van der Waals surface area contributed by atoms with Crippen molar-refractivity contribution in [3.05, 3.63) is 59.7 Å². The van der Waals surface area contributed by atoms with Crippen LogP contribution in [0.4, 0.5) is 10.5 Å². The number of rotatable bonds is 5. The van der Waals surface area contributed by atoms with Crippen molar-refractivity contribution in [2.75, 3.05) is 18.5 Å². The molecule has 0 bridgehead atoms. The Bertz CT molecular complexity index is 805. The van der Waals surface area contributed by atoms with E-state index in [1.54, 1.807) is 17.0 Å². The second-order valence-electron chi connectivity index (χ2n) is 6.97. The number of hydrogen-bond donors (Lipinski definition) is 1. The van der Waals surface area contributed by atoms with Gasteiger partial charge in [-0.1, -0.05) is 44.2 Å². The number of hydrogen-bond acceptors (Lipinski definition) is 4. The molecule has 0 saturated carbocycles. The lowest BCUT2D eigenvalue weighted by atomic mass is 10.1. The minimum atomic E-state index is -0.525. The molecule has 0 atom stereocenters. The summed E-state index contributed by atoms with van der Waals surface area (Å²) in [5, 5.41) is 2.73. The van der Waals surface area contributed by atoms with E-state index < -0.39 is 6.09 Å². The van der Waals surface area contributed by atoms with Crippen LogP contribution in [0.15, 0.2) is 48.5 Å². The van der Waals surface area contributed by atoms with E-state index in [0.717, 1.165) is 11.1 Å². The lowest BCUT2D eigenvalue weighted by Gasteiger charge is -2.22. The van der Waals surface area contributed by atoms with Crippen molar-refractivity contribution in [3.63, 3.8) is 0 Å². The maximum Gasteiger partial charge on any atom is 0.411 e. The lowest BCUT2D eigenvalue weighted by molar-refractivity contribution is -0.133. The lowest BCUT2D eigenvalue weighted by Crippen LogP contribution is -2.35. The zero-order valence-corrected chi connectivity index (χ0v) is 15.6. The minimum absolute atomic E-state index is 0.0309. The van der Waals surface area contributed by atoms with E-state index in [0.29, 0.717) is 30.4 Å². The molecular formula is C21H24N2O4. The highest BCUT2D eigenvalue weighted by Gasteiger charge is 2.22. The molecule has 1 aliphatic rings. The number of anilines is 1. The Morgan fingerprint density at radius 1 is 1.22 bits per heavy atom. The van der Waals surface area contributed by atoms with Crippen LogP contribution in [0.3, 0.4) is 0 Å². The molecule has 2 aromatic carbocycles. The molecule has 2 aromatic rings. The fourth-order valence-electron chi connectivity index (χ4n) is 2.93. The molecule has 0 saturated heterocycles. The normalized spacial score (nSPS) is 13.6. The molecule has 3 rings (SSSR count). The molecule has 2 amide bonds. The average molecular weight is 368 g/mol. The van der Waals surface area contributed by atoms with Crippen LogP contribution in [0.2, 0.25) is 0 Å². The molecule has 1 aliphatic heterocycles. The average Bonchev–Trinajstić information content (AvgIpc) is 2.79. The first-order valence-electron chi connectivity index (χ1n) is 9.02. The van der Waals surface area contributed by atoms with Crippen molar-refractivity contribution in [3.8, 4) is 5.75 Å². The van der Waals surface area contributed by atoms with Gasteiger partial charge >= 0.3 is 6.09 Å². The Morgan fingerprint density at radius 2 is 2.00 bits per heavy atom. The fraction of sp³-hybridized carbons (Fsp3) is 0.333. The SMILES string of the molecule is CC(C)CN1Cc2cc(NC(=O)OCc3ccccc3)ccc2OCC1=O. The highest BCUT2D eigenvalue weighted by atomic mass is 16.5. The number of nitrogens with one attached hydrogen (secondary N) is 1. The van der Waals surface area contributed by atoms with Gasteiger partial charge < -0.3 is 14.4 Å². The number of fused-ring (bicyclic) bond motifs is 1. The van der Waals surface area contributed by atoms with E-state index in [2.05, 4.69) is 19.2 Å². The van der Waals surface area contributed by atoms with Gasteiger partial charge in [-0.3, -0.25) is 10.1 Å². The van der Waals surface area contributed by atoms with Gasteiger partial charge in [-0.15, -0.1) is 0 Å². The molecule has 1 N–H and O–H groups in total. The third-order valence-electron chi connectivity index (χ3n) is 4.17. The van der Waals surface area contributed by atoms with Crippen LogP contribution in [0.5, 0.6) is 5.75 Å². The maximum atomic E-state index is 12.2. The number of amides is 2. The van der Waals surface area contributed by atoms with Gasteiger partial charge in [-0.25, -0.2) is 4.79 Å². The molecule has 0 aliphatic carbocycles. The van der Waals surface area contributed by atoms with E-state index in [-0.39, 0.29) is 19.1 Å².